The minimum atomic E-state index is -4.50. The van der Waals surface area contributed by atoms with E-state index in [0.717, 1.165) is 12.3 Å². The zero-order valence-corrected chi connectivity index (χ0v) is 10.1. The van der Waals surface area contributed by atoms with E-state index < -0.39 is 20.9 Å². The lowest BCUT2D eigenvalue weighted by Gasteiger charge is -2.02. The predicted octanol–water partition coefficient (Wildman–Crippen LogP) is 1.43. The summed E-state index contributed by atoms with van der Waals surface area (Å²) in [5.41, 5.74) is 5.26. The molecule has 1 amide bonds. The van der Waals surface area contributed by atoms with Gasteiger partial charge in [-0.2, -0.15) is 13.5 Å². The van der Waals surface area contributed by atoms with Gasteiger partial charge in [-0.3, -0.25) is 9.35 Å². The van der Waals surface area contributed by atoms with Crippen LogP contribution in [-0.2, 0) is 14.9 Å². The Morgan fingerprint density at radius 1 is 1.26 bits per heavy atom. The Labute approximate surface area is 107 Å². The molecule has 10 heteroatoms. The summed E-state index contributed by atoms with van der Waals surface area (Å²) < 4.78 is 31.3. The number of hydrogen-bond donors (Lipinski definition) is 2. The first-order valence-corrected chi connectivity index (χ1v) is 6.26. The third kappa shape index (κ3) is 2.86. The highest BCUT2D eigenvalue weighted by Crippen LogP contribution is 2.27. The van der Waals surface area contributed by atoms with E-state index in [1.54, 1.807) is 0 Å². The van der Waals surface area contributed by atoms with Crippen LogP contribution in [0.4, 0.5) is 11.4 Å². The fourth-order valence-corrected chi connectivity index (χ4v) is 1.90. The van der Waals surface area contributed by atoms with Crippen LogP contribution in [-0.4, -0.2) is 18.9 Å². The molecule has 0 spiro atoms. The molecule has 0 bridgehead atoms. The number of carbonyl (C=O) groups is 1. The van der Waals surface area contributed by atoms with Crippen molar-refractivity contribution < 1.29 is 17.8 Å². The number of nitrogens with two attached hydrogens (primary N) is 1. The first kappa shape index (κ1) is 13.0. The van der Waals surface area contributed by atoms with Crippen LogP contribution in [0.15, 0.2) is 55.4 Å². The Morgan fingerprint density at radius 3 is 2.58 bits per heavy atom. The summed E-state index contributed by atoms with van der Waals surface area (Å²) in [7, 11) is -4.50. The molecule has 1 aliphatic heterocycles. The van der Waals surface area contributed by atoms with Crippen LogP contribution < -0.4 is 5.73 Å². The Kier molecular flexibility index (Phi) is 3.19. The molecule has 1 aliphatic rings. The number of hydrogen-bond acceptors (Lipinski definition) is 7. The largest absolute Gasteiger partial charge is 0.399 e. The molecule has 3 N–H and O–H groups in total. The zero-order chi connectivity index (χ0) is 14.0. The first-order valence-electron chi connectivity index (χ1n) is 4.82. The minimum absolute atomic E-state index is 0.132. The van der Waals surface area contributed by atoms with Crippen LogP contribution in [0.25, 0.3) is 0 Å². The highest BCUT2D eigenvalue weighted by Gasteiger charge is 2.17. The third-order valence-electron chi connectivity index (χ3n) is 2.07. The van der Waals surface area contributed by atoms with Crippen molar-refractivity contribution >= 4 is 27.4 Å². The highest BCUT2D eigenvalue weighted by molar-refractivity contribution is 7.86. The lowest BCUT2D eigenvalue weighted by atomic mass is 10.3. The second-order valence-electron chi connectivity index (χ2n) is 3.44. The Balaban J connectivity index is 2.41. The lowest BCUT2D eigenvalue weighted by Crippen LogP contribution is -2.00. The number of nitrogens with zero attached hydrogens (tertiary/aromatic N) is 4. The van der Waals surface area contributed by atoms with Gasteiger partial charge >= 0.3 is 5.91 Å². The molecule has 9 nitrogen and oxygen atoms in total. The van der Waals surface area contributed by atoms with Crippen LogP contribution in [0.2, 0.25) is 0 Å². The summed E-state index contributed by atoms with van der Waals surface area (Å²) in [5, 5.41) is 13.6. The maximum atomic E-state index is 11.1. The van der Waals surface area contributed by atoms with Gasteiger partial charge in [0.15, 0.2) is 5.70 Å². The molecule has 0 saturated carbocycles. The topological polar surface area (TPSA) is 147 Å². The van der Waals surface area contributed by atoms with E-state index in [9.17, 15) is 13.2 Å². The molecule has 1 aromatic rings. The van der Waals surface area contributed by atoms with Gasteiger partial charge in [-0.05, 0) is 18.2 Å². The van der Waals surface area contributed by atoms with Gasteiger partial charge in [0, 0.05) is 5.69 Å². The van der Waals surface area contributed by atoms with E-state index in [4.69, 9.17) is 10.3 Å². The maximum Gasteiger partial charge on any atom is 0.317 e. The summed E-state index contributed by atoms with van der Waals surface area (Å²) in [6.45, 7) is 0. The van der Waals surface area contributed by atoms with Crippen LogP contribution in [0.1, 0.15) is 0 Å². The minimum Gasteiger partial charge on any atom is -0.399 e. The molecule has 1 aromatic carbocycles. The van der Waals surface area contributed by atoms with Crippen LogP contribution in [0, 0.1) is 0 Å². The SMILES string of the molecule is Nc1ccc(N=NC2=CN=NC2=O)c(S(=O)(=O)O)c1. The third-order valence-corrected chi connectivity index (χ3v) is 2.96. The Morgan fingerprint density at radius 2 is 2.00 bits per heavy atom. The van der Waals surface area contributed by atoms with Crippen molar-refractivity contribution in [3.05, 3.63) is 30.1 Å². The van der Waals surface area contributed by atoms with E-state index >= 15 is 0 Å². The van der Waals surface area contributed by atoms with Gasteiger partial charge in [0.25, 0.3) is 10.1 Å². The number of nitrogen functional groups attached to an aromatic ring is 1. The van der Waals surface area contributed by atoms with Crippen molar-refractivity contribution in [1.82, 2.24) is 0 Å². The van der Waals surface area contributed by atoms with E-state index in [1.165, 1.54) is 12.1 Å². The smallest absolute Gasteiger partial charge is 0.317 e. The maximum absolute atomic E-state index is 11.1. The first-order chi connectivity index (χ1) is 8.88. The number of rotatable bonds is 3. The Hall–Kier alpha value is -2.46. The highest BCUT2D eigenvalue weighted by atomic mass is 32.2. The molecule has 0 saturated heterocycles. The molecule has 0 unspecified atom stereocenters. The van der Waals surface area contributed by atoms with Crippen molar-refractivity contribution in [3.8, 4) is 0 Å². The molecule has 0 radical (unpaired) electrons. The standard InChI is InChI=1S/C9H7N5O4S/c10-5-1-2-6(8(3-5)19(16,17)18)12-13-7-4-11-14-9(7)15/h1-4H,10H2,(H,16,17,18). The second-order valence-corrected chi connectivity index (χ2v) is 4.83. The average Bonchev–Trinajstić information content (AvgIpc) is 2.72. The van der Waals surface area contributed by atoms with Crippen molar-refractivity contribution in [2.24, 2.45) is 20.5 Å². The zero-order valence-electron chi connectivity index (χ0n) is 9.26. The van der Waals surface area contributed by atoms with E-state index in [2.05, 4.69) is 20.5 Å². The van der Waals surface area contributed by atoms with Crippen molar-refractivity contribution in [2.75, 3.05) is 5.73 Å². The summed E-state index contributed by atoms with van der Waals surface area (Å²) in [6, 6.07) is 3.65. The predicted molar refractivity (Wildman–Crippen MR) is 63.1 cm³/mol. The van der Waals surface area contributed by atoms with Crippen LogP contribution >= 0.6 is 0 Å². The molecular formula is C9H7N5O4S. The van der Waals surface area contributed by atoms with Gasteiger partial charge < -0.3 is 5.73 Å². The second kappa shape index (κ2) is 4.66. The van der Waals surface area contributed by atoms with Gasteiger partial charge in [-0.15, -0.1) is 15.3 Å². The molecule has 19 heavy (non-hydrogen) atoms. The van der Waals surface area contributed by atoms with E-state index in [0.29, 0.717) is 0 Å². The molecule has 1 heterocycles. The summed E-state index contributed by atoms with van der Waals surface area (Å²) in [6.07, 6.45) is 1.08. The normalized spacial score (nSPS) is 15.2. The average molecular weight is 281 g/mol. The van der Waals surface area contributed by atoms with Gasteiger partial charge in [-0.1, -0.05) is 0 Å². The fraction of sp³-hybridized carbons (Fsp3) is 0. The molecule has 0 aromatic heterocycles. The summed E-state index contributed by atoms with van der Waals surface area (Å²) in [4.78, 5) is 10.6. The van der Waals surface area contributed by atoms with E-state index in [1.807, 2.05) is 0 Å². The van der Waals surface area contributed by atoms with Crippen molar-refractivity contribution in [1.29, 1.82) is 0 Å². The fourth-order valence-electron chi connectivity index (χ4n) is 1.24. The number of azo groups is 2. The molecule has 0 aliphatic carbocycles. The molecule has 0 fully saturated rings. The van der Waals surface area contributed by atoms with Crippen molar-refractivity contribution in [2.45, 2.75) is 4.90 Å². The van der Waals surface area contributed by atoms with E-state index in [-0.39, 0.29) is 17.1 Å². The van der Waals surface area contributed by atoms with Gasteiger partial charge in [0.1, 0.15) is 10.6 Å². The summed E-state index contributed by atoms with van der Waals surface area (Å²) >= 11 is 0. The van der Waals surface area contributed by atoms with Crippen LogP contribution in [0.3, 0.4) is 0 Å². The van der Waals surface area contributed by atoms with Gasteiger partial charge in [0.05, 0.1) is 6.20 Å². The number of amides is 1. The van der Waals surface area contributed by atoms with Gasteiger partial charge in [-0.25, -0.2) is 0 Å². The molecular weight excluding hydrogens is 274 g/mol. The lowest BCUT2D eigenvalue weighted by molar-refractivity contribution is -0.114. The quantitative estimate of drug-likeness (QED) is 0.488. The summed E-state index contributed by atoms with van der Waals surface area (Å²) in [5.74, 6) is -0.687. The van der Waals surface area contributed by atoms with Crippen molar-refractivity contribution in [3.63, 3.8) is 0 Å². The number of anilines is 1. The Bertz CT molecular complexity index is 735. The van der Waals surface area contributed by atoms with Gasteiger partial charge in [0.2, 0.25) is 0 Å². The molecule has 2 rings (SSSR count). The molecule has 0 atom stereocenters. The monoisotopic (exact) mass is 281 g/mol. The number of benzene rings is 1. The molecule has 98 valence electrons. The number of carbonyl (C=O) groups excluding carboxylic acids is 1. The van der Waals surface area contributed by atoms with Crippen LogP contribution in [0.5, 0.6) is 0 Å².